The van der Waals surface area contributed by atoms with E-state index in [2.05, 4.69) is 0 Å². The van der Waals surface area contributed by atoms with E-state index in [4.69, 9.17) is 23.2 Å². The summed E-state index contributed by atoms with van der Waals surface area (Å²) in [6.45, 7) is 1.29. The molecule has 0 aliphatic heterocycles. The maximum Gasteiger partial charge on any atom is 1.00 e. The Morgan fingerprint density at radius 2 is 2.11 bits per heavy atom. The first kappa shape index (κ1) is 12.7. The van der Waals surface area contributed by atoms with Gasteiger partial charge in [0.1, 0.15) is 0 Å². The van der Waals surface area contributed by atoms with Gasteiger partial charge in [-0.05, 0) is 6.92 Å². The SMILES string of the molecule is CC(Cl)(CCl)C(=O)[O-].[Na+]. The van der Waals surface area contributed by atoms with Gasteiger partial charge in [0, 0.05) is 5.88 Å². The molecule has 0 saturated heterocycles. The molecule has 0 saturated carbocycles. The third-order valence-electron chi connectivity index (χ3n) is 0.677. The van der Waals surface area contributed by atoms with Crippen molar-refractivity contribution in [3.8, 4) is 0 Å². The third-order valence-corrected chi connectivity index (χ3v) is 1.64. The van der Waals surface area contributed by atoms with Crippen LogP contribution in [0.2, 0.25) is 0 Å². The van der Waals surface area contributed by atoms with E-state index >= 15 is 0 Å². The maximum absolute atomic E-state index is 9.92. The summed E-state index contributed by atoms with van der Waals surface area (Å²) in [4.78, 5) is 8.51. The number of carboxylic acids is 1. The average molecular weight is 179 g/mol. The van der Waals surface area contributed by atoms with Crippen LogP contribution in [0, 0.1) is 0 Å². The topological polar surface area (TPSA) is 40.1 Å². The minimum atomic E-state index is -1.42. The Labute approximate surface area is 85.8 Å². The standard InChI is InChI=1S/C4H6Cl2O2.Na/c1-4(6,2-5)3(7)8;/h2H2,1H3,(H,7,8);/q;+1/p-1. The van der Waals surface area contributed by atoms with Crippen LogP contribution in [0.25, 0.3) is 0 Å². The van der Waals surface area contributed by atoms with Gasteiger partial charge in [-0.3, -0.25) is 0 Å². The molecule has 1 unspecified atom stereocenters. The van der Waals surface area contributed by atoms with E-state index in [0.717, 1.165) is 0 Å². The van der Waals surface area contributed by atoms with Gasteiger partial charge in [0.05, 0.1) is 10.8 Å². The minimum Gasteiger partial charge on any atom is -0.548 e. The van der Waals surface area contributed by atoms with E-state index in [1.54, 1.807) is 0 Å². The molecule has 0 aliphatic carbocycles. The number of aliphatic carboxylic acids is 1. The zero-order valence-corrected chi connectivity index (χ0v) is 8.79. The number of hydrogen-bond donors (Lipinski definition) is 0. The monoisotopic (exact) mass is 178 g/mol. The number of rotatable bonds is 2. The van der Waals surface area contributed by atoms with E-state index < -0.39 is 10.8 Å². The second-order valence-electron chi connectivity index (χ2n) is 1.62. The normalized spacial score (nSPS) is 15.4. The number of hydrogen-bond acceptors (Lipinski definition) is 2. The van der Waals surface area contributed by atoms with Crippen LogP contribution in [-0.2, 0) is 4.79 Å². The third kappa shape index (κ3) is 4.45. The van der Waals surface area contributed by atoms with Gasteiger partial charge in [-0.2, -0.15) is 0 Å². The summed E-state index contributed by atoms with van der Waals surface area (Å²) in [7, 11) is 0. The molecule has 0 fully saturated rings. The molecule has 0 aromatic heterocycles. The van der Waals surface area contributed by atoms with Crippen LogP contribution in [0.1, 0.15) is 6.92 Å². The van der Waals surface area contributed by atoms with Crippen LogP contribution in [0.3, 0.4) is 0 Å². The number of carbonyl (C=O) groups excluding carboxylic acids is 1. The summed E-state index contributed by atoms with van der Waals surface area (Å²) in [5.41, 5.74) is 0. The average Bonchev–Trinajstić information content (AvgIpc) is 1.67. The first-order valence-corrected chi connectivity index (χ1v) is 2.88. The van der Waals surface area contributed by atoms with Crippen molar-refractivity contribution in [2.75, 3.05) is 5.88 Å². The summed E-state index contributed by atoms with van der Waals surface area (Å²) >= 11 is 10.4. The van der Waals surface area contributed by atoms with Gasteiger partial charge in [0.15, 0.2) is 0 Å². The molecule has 0 rings (SSSR count). The molecule has 0 bridgehead atoms. The molecule has 0 amide bonds. The van der Waals surface area contributed by atoms with Gasteiger partial charge in [0.2, 0.25) is 0 Å². The Hall–Kier alpha value is 1.05. The Kier molecular flexibility index (Phi) is 6.78. The van der Waals surface area contributed by atoms with Gasteiger partial charge in [0.25, 0.3) is 0 Å². The fourth-order valence-electron chi connectivity index (χ4n) is 0.0546. The largest absolute Gasteiger partial charge is 1.00 e. The summed E-state index contributed by atoms with van der Waals surface area (Å²) in [5, 5.41) is 9.92. The molecule has 0 aromatic rings. The van der Waals surface area contributed by atoms with Gasteiger partial charge < -0.3 is 9.90 Å². The molecule has 0 aromatic carbocycles. The quantitative estimate of drug-likeness (QED) is 0.334. The van der Waals surface area contributed by atoms with Gasteiger partial charge in [-0.1, -0.05) is 0 Å². The second-order valence-corrected chi connectivity index (χ2v) is 2.72. The van der Waals surface area contributed by atoms with Gasteiger partial charge in [-0.25, -0.2) is 0 Å². The molecule has 0 heterocycles. The van der Waals surface area contributed by atoms with Gasteiger partial charge in [-0.15, -0.1) is 23.2 Å². The summed E-state index contributed by atoms with van der Waals surface area (Å²) in [6.07, 6.45) is 0. The molecular weight excluding hydrogens is 174 g/mol. The zero-order valence-electron chi connectivity index (χ0n) is 5.28. The molecule has 5 heteroatoms. The van der Waals surface area contributed by atoms with E-state index in [0.29, 0.717) is 0 Å². The van der Waals surface area contributed by atoms with Crippen molar-refractivity contribution in [2.24, 2.45) is 0 Å². The summed E-state index contributed by atoms with van der Waals surface area (Å²) in [6, 6.07) is 0. The van der Waals surface area contributed by atoms with Crippen LogP contribution in [-0.4, -0.2) is 16.7 Å². The van der Waals surface area contributed by atoms with Crippen LogP contribution in [0.5, 0.6) is 0 Å². The fraction of sp³-hybridized carbons (Fsp3) is 0.750. The van der Waals surface area contributed by atoms with Crippen molar-refractivity contribution in [1.82, 2.24) is 0 Å². The molecule has 1 atom stereocenters. The Morgan fingerprint density at radius 3 is 2.11 bits per heavy atom. The molecule has 48 valence electrons. The predicted octanol–water partition coefficient (Wildman–Crippen LogP) is -3.02. The van der Waals surface area contributed by atoms with Gasteiger partial charge >= 0.3 is 29.6 Å². The molecule has 0 spiro atoms. The van der Waals surface area contributed by atoms with Crippen molar-refractivity contribution < 1.29 is 39.5 Å². The van der Waals surface area contributed by atoms with Crippen LogP contribution in [0.15, 0.2) is 0 Å². The molecule has 0 aliphatic rings. The van der Waals surface area contributed by atoms with E-state index in [1.807, 2.05) is 0 Å². The predicted molar refractivity (Wildman–Crippen MR) is 30.0 cm³/mol. The van der Waals surface area contributed by atoms with E-state index in [-0.39, 0.29) is 35.4 Å². The molecule has 0 N–H and O–H groups in total. The van der Waals surface area contributed by atoms with E-state index in [1.165, 1.54) is 6.92 Å². The summed E-state index contributed by atoms with van der Waals surface area (Å²) < 4.78 is 0. The summed E-state index contributed by atoms with van der Waals surface area (Å²) in [5.74, 6) is -1.48. The fourth-order valence-corrected chi connectivity index (χ4v) is 0.164. The zero-order chi connectivity index (χ0) is 6.78. The smallest absolute Gasteiger partial charge is 0.548 e. The van der Waals surface area contributed by atoms with E-state index in [9.17, 15) is 9.90 Å². The van der Waals surface area contributed by atoms with Crippen molar-refractivity contribution in [1.29, 1.82) is 0 Å². The Morgan fingerprint density at radius 1 is 1.78 bits per heavy atom. The number of carboxylic acid groups (broad SMARTS) is 1. The number of carbonyl (C=O) groups is 1. The molecular formula is C4H5Cl2NaO2. The molecule has 2 nitrogen and oxygen atoms in total. The van der Waals surface area contributed by atoms with Crippen LogP contribution >= 0.6 is 23.2 Å². The Balaban J connectivity index is 0. The number of alkyl halides is 2. The van der Waals surface area contributed by atoms with Crippen LogP contribution in [0.4, 0.5) is 0 Å². The number of halogens is 2. The second kappa shape index (κ2) is 4.80. The maximum atomic E-state index is 9.92. The Bertz CT molecular complexity index is 105. The first-order valence-electron chi connectivity index (χ1n) is 1.97. The van der Waals surface area contributed by atoms with Crippen molar-refractivity contribution >= 4 is 29.2 Å². The molecule has 0 radical (unpaired) electrons. The minimum absolute atomic E-state index is 0. The first-order chi connectivity index (χ1) is 3.50. The van der Waals surface area contributed by atoms with Crippen molar-refractivity contribution in [3.05, 3.63) is 0 Å². The van der Waals surface area contributed by atoms with Crippen molar-refractivity contribution in [2.45, 2.75) is 11.8 Å². The van der Waals surface area contributed by atoms with Crippen LogP contribution < -0.4 is 34.7 Å². The van der Waals surface area contributed by atoms with Crippen molar-refractivity contribution in [3.63, 3.8) is 0 Å². The molecule has 9 heavy (non-hydrogen) atoms.